The Bertz CT molecular complexity index is 707. The van der Waals surface area contributed by atoms with Crippen molar-refractivity contribution in [3.05, 3.63) is 54.0 Å². The van der Waals surface area contributed by atoms with Crippen LogP contribution < -0.4 is 10.6 Å². The van der Waals surface area contributed by atoms with Crippen LogP contribution in [0, 0.1) is 0 Å². The van der Waals surface area contributed by atoms with Gasteiger partial charge in [0.15, 0.2) is 6.61 Å². The Morgan fingerprint density at radius 2 is 1.88 bits per heavy atom. The SMILES string of the molecule is CC(=O)Nc1ccc(C(=O)OCC(=O)N[C@H](C)c2ccco2)cc1. The summed E-state index contributed by atoms with van der Waals surface area (Å²) >= 11 is 0. The predicted molar refractivity (Wildman–Crippen MR) is 86.3 cm³/mol. The molecular weight excluding hydrogens is 312 g/mol. The van der Waals surface area contributed by atoms with Gasteiger partial charge in [-0.25, -0.2) is 4.79 Å². The maximum atomic E-state index is 11.9. The first kappa shape index (κ1) is 17.3. The van der Waals surface area contributed by atoms with E-state index in [1.165, 1.54) is 25.3 Å². The van der Waals surface area contributed by atoms with Gasteiger partial charge in [0.1, 0.15) is 5.76 Å². The number of nitrogens with one attached hydrogen (secondary N) is 2. The number of carbonyl (C=O) groups excluding carboxylic acids is 3. The molecule has 1 heterocycles. The van der Waals surface area contributed by atoms with Gasteiger partial charge in [0.05, 0.1) is 17.9 Å². The molecule has 7 heteroatoms. The van der Waals surface area contributed by atoms with Crippen LogP contribution in [-0.4, -0.2) is 24.4 Å². The molecule has 2 N–H and O–H groups in total. The normalized spacial score (nSPS) is 11.4. The Labute approximate surface area is 139 Å². The molecule has 2 amide bonds. The van der Waals surface area contributed by atoms with Gasteiger partial charge in [-0.1, -0.05) is 0 Å². The zero-order valence-corrected chi connectivity index (χ0v) is 13.4. The number of anilines is 1. The molecule has 0 saturated heterocycles. The van der Waals surface area contributed by atoms with Gasteiger partial charge in [0.25, 0.3) is 5.91 Å². The molecule has 0 bridgehead atoms. The number of carbonyl (C=O) groups is 3. The van der Waals surface area contributed by atoms with Crippen LogP contribution in [0.1, 0.15) is 36.0 Å². The largest absolute Gasteiger partial charge is 0.467 e. The Kier molecular flexibility index (Phi) is 5.73. The summed E-state index contributed by atoms with van der Waals surface area (Å²) in [5, 5.41) is 5.25. The van der Waals surface area contributed by atoms with Crippen molar-refractivity contribution in [1.82, 2.24) is 5.32 Å². The first-order valence-electron chi connectivity index (χ1n) is 7.33. The number of benzene rings is 1. The van der Waals surface area contributed by atoms with Crippen molar-refractivity contribution >= 4 is 23.5 Å². The highest BCUT2D eigenvalue weighted by Crippen LogP contribution is 2.12. The topological polar surface area (TPSA) is 97.6 Å². The Morgan fingerprint density at radius 1 is 1.17 bits per heavy atom. The predicted octanol–water partition coefficient (Wildman–Crippen LogP) is 2.27. The van der Waals surface area contributed by atoms with E-state index in [1.807, 2.05) is 0 Å². The summed E-state index contributed by atoms with van der Waals surface area (Å²) in [6.45, 7) is 2.77. The lowest BCUT2D eigenvalue weighted by atomic mass is 10.2. The third-order valence-corrected chi connectivity index (χ3v) is 3.12. The van der Waals surface area contributed by atoms with E-state index in [2.05, 4.69) is 10.6 Å². The van der Waals surface area contributed by atoms with Crippen LogP contribution in [0.25, 0.3) is 0 Å². The molecule has 0 aliphatic carbocycles. The zero-order valence-electron chi connectivity index (χ0n) is 13.4. The summed E-state index contributed by atoms with van der Waals surface area (Å²) in [5.41, 5.74) is 0.861. The number of hydrogen-bond acceptors (Lipinski definition) is 5. The van der Waals surface area contributed by atoms with Gasteiger partial charge < -0.3 is 19.8 Å². The van der Waals surface area contributed by atoms with Gasteiger partial charge >= 0.3 is 5.97 Å². The smallest absolute Gasteiger partial charge is 0.338 e. The van der Waals surface area contributed by atoms with Gasteiger partial charge in [0, 0.05) is 12.6 Å². The first-order valence-corrected chi connectivity index (χ1v) is 7.33. The molecule has 24 heavy (non-hydrogen) atoms. The first-order chi connectivity index (χ1) is 11.5. The highest BCUT2D eigenvalue weighted by molar-refractivity contribution is 5.93. The van der Waals surface area contributed by atoms with Gasteiger partial charge in [-0.2, -0.15) is 0 Å². The average Bonchev–Trinajstić information content (AvgIpc) is 3.07. The Morgan fingerprint density at radius 3 is 2.46 bits per heavy atom. The van der Waals surface area contributed by atoms with Crippen LogP contribution in [0.2, 0.25) is 0 Å². The summed E-state index contributed by atoms with van der Waals surface area (Å²) < 4.78 is 10.1. The third-order valence-electron chi connectivity index (χ3n) is 3.12. The van der Waals surface area contributed by atoms with Gasteiger partial charge in [-0.3, -0.25) is 9.59 Å². The van der Waals surface area contributed by atoms with Gasteiger partial charge in [-0.15, -0.1) is 0 Å². The molecule has 1 aromatic heterocycles. The summed E-state index contributed by atoms with van der Waals surface area (Å²) in [4.78, 5) is 34.6. The molecule has 0 radical (unpaired) electrons. The second kappa shape index (κ2) is 7.96. The summed E-state index contributed by atoms with van der Waals surface area (Å²) in [7, 11) is 0. The molecule has 0 spiro atoms. The Hall–Kier alpha value is -3.09. The summed E-state index contributed by atoms with van der Waals surface area (Å²) in [5.74, 6) is -0.636. The van der Waals surface area contributed by atoms with Crippen molar-refractivity contribution in [2.45, 2.75) is 19.9 Å². The minimum absolute atomic E-state index is 0.201. The molecule has 0 fully saturated rings. The van der Waals surface area contributed by atoms with E-state index < -0.39 is 18.5 Å². The van der Waals surface area contributed by atoms with E-state index in [4.69, 9.17) is 9.15 Å². The average molecular weight is 330 g/mol. The van der Waals surface area contributed by atoms with E-state index in [1.54, 1.807) is 31.2 Å². The summed E-state index contributed by atoms with van der Waals surface area (Å²) in [6, 6.07) is 9.33. The van der Waals surface area contributed by atoms with E-state index in [9.17, 15) is 14.4 Å². The number of furan rings is 1. The van der Waals surface area contributed by atoms with Gasteiger partial charge in [-0.05, 0) is 43.3 Å². The fourth-order valence-corrected chi connectivity index (χ4v) is 2.00. The molecular formula is C17H18N2O5. The fourth-order valence-electron chi connectivity index (χ4n) is 2.00. The molecule has 1 aromatic carbocycles. The molecule has 126 valence electrons. The van der Waals surface area contributed by atoms with Crippen molar-refractivity contribution in [1.29, 1.82) is 0 Å². The quantitative estimate of drug-likeness (QED) is 0.792. The lowest BCUT2D eigenvalue weighted by molar-refractivity contribution is -0.125. The lowest BCUT2D eigenvalue weighted by Crippen LogP contribution is -2.30. The molecule has 2 rings (SSSR count). The molecule has 0 aliphatic rings. The highest BCUT2D eigenvalue weighted by Gasteiger charge is 2.14. The maximum absolute atomic E-state index is 11.9. The standard InChI is InChI=1S/C17H18N2O5/c1-11(15-4-3-9-23-15)18-16(21)10-24-17(22)13-5-7-14(8-6-13)19-12(2)20/h3-9,11H,10H2,1-2H3,(H,18,21)(H,19,20)/t11-/m1/s1. The van der Waals surface area contributed by atoms with Crippen molar-refractivity contribution < 1.29 is 23.5 Å². The second-order valence-electron chi connectivity index (χ2n) is 5.14. The van der Waals surface area contributed by atoms with Crippen LogP contribution in [-0.2, 0) is 14.3 Å². The minimum atomic E-state index is -0.620. The molecule has 0 aliphatic heterocycles. The van der Waals surface area contributed by atoms with E-state index >= 15 is 0 Å². The molecule has 0 unspecified atom stereocenters. The number of ether oxygens (including phenoxy) is 1. The van der Waals surface area contributed by atoms with Crippen molar-refractivity contribution in [3.63, 3.8) is 0 Å². The Balaban J connectivity index is 1.81. The number of esters is 1. The van der Waals surface area contributed by atoms with Gasteiger partial charge in [0.2, 0.25) is 5.91 Å². The van der Waals surface area contributed by atoms with Crippen LogP contribution in [0.4, 0.5) is 5.69 Å². The molecule has 2 aromatic rings. The lowest BCUT2D eigenvalue weighted by Gasteiger charge is -2.11. The van der Waals surface area contributed by atoms with E-state index in [0.29, 0.717) is 11.4 Å². The fraction of sp³-hybridized carbons (Fsp3) is 0.235. The van der Waals surface area contributed by atoms with Crippen LogP contribution in [0.3, 0.4) is 0 Å². The number of rotatable bonds is 6. The van der Waals surface area contributed by atoms with Crippen molar-refractivity contribution in [3.8, 4) is 0 Å². The summed E-state index contributed by atoms with van der Waals surface area (Å²) in [6.07, 6.45) is 1.52. The monoisotopic (exact) mass is 330 g/mol. The maximum Gasteiger partial charge on any atom is 0.338 e. The van der Waals surface area contributed by atoms with E-state index in [0.717, 1.165) is 0 Å². The van der Waals surface area contributed by atoms with Crippen LogP contribution in [0.5, 0.6) is 0 Å². The molecule has 7 nitrogen and oxygen atoms in total. The van der Waals surface area contributed by atoms with Crippen LogP contribution >= 0.6 is 0 Å². The zero-order chi connectivity index (χ0) is 17.5. The second-order valence-corrected chi connectivity index (χ2v) is 5.14. The van der Waals surface area contributed by atoms with E-state index in [-0.39, 0.29) is 17.5 Å². The molecule has 1 atom stereocenters. The highest BCUT2D eigenvalue weighted by atomic mass is 16.5. The van der Waals surface area contributed by atoms with Crippen molar-refractivity contribution in [2.24, 2.45) is 0 Å². The molecule has 0 saturated carbocycles. The van der Waals surface area contributed by atoms with Crippen molar-refractivity contribution in [2.75, 3.05) is 11.9 Å². The third kappa shape index (κ3) is 4.98. The van der Waals surface area contributed by atoms with Crippen LogP contribution in [0.15, 0.2) is 47.1 Å². The number of hydrogen-bond donors (Lipinski definition) is 2. The number of amides is 2. The minimum Gasteiger partial charge on any atom is -0.467 e.